The Morgan fingerprint density at radius 3 is 2.92 bits per heavy atom. The maximum Gasteiger partial charge on any atom is 0.155 e. The molecule has 0 spiro atoms. The minimum absolute atomic E-state index is 0.944. The molecule has 0 fully saturated rings. The highest BCUT2D eigenvalue weighted by Crippen LogP contribution is 2.23. The number of hydrogen-bond donors (Lipinski definition) is 0. The molecule has 0 aliphatic carbocycles. The van der Waals surface area contributed by atoms with Crippen LogP contribution in [0.1, 0.15) is 45.4 Å². The van der Waals surface area contributed by atoms with Crippen LogP contribution >= 0.6 is 0 Å². The van der Waals surface area contributed by atoms with Crippen molar-refractivity contribution in [3.63, 3.8) is 0 Å². The lowest BCUT2D eigenvalue weighted by Crippen LogP contribution is -2.36. The number of rotatable bonds is 1. The van der Waals surface area contributed by atoms with Crippen LogP contribution in [0.5, 0.6) is 0 Å². The second-order valence-corrected chi connectivity index (χ2v) is 4.18. The van der Waals surface area contributed by atoms with Crippen molar-refractivity contribution in [3.05, 3.63) is 0 Å². The molecule has 0 aromatic heterocycles. The van der Waals surface area contributed by atoms with E-state index in [-0.39, 0.29) is 0 Å². The number of hydrogen-bond acceptors (Lipinski definition) is 0. The van der Waals surface area contributed by atoms with E-state index in [1.165, 1.54) is 51.6 Å². The van der Waals surface area contributed by atoms with Crippen molar-refractivity contribution in [3.8, 4) is 0 Å². The van der Waals surface area contributed by atoms with Crippen LogP contribution in [0.4, 0.5) is 0 Å². The highest BCUT2D eigenvalue weighted by atomic mass is 15.0. The normalized spacial score (nSPS) is 30.2. The van der Waals surface area contributed by atoms with Gasteiger partial charge in [0, 0.05) is 25.2 Å². The van der Waals surface area contributed by atoms with Crippen molar-refractivity contribution in [2.45, 2.75) is 45.4 Å². The molecule has 12 heavy (non-hydrogen) atoms. The lowest BCUT2D eigenvalue weighted by Gasteiger charge is -2.25. The fraction of sp³-hybridized carbons (Fsp3) is 0.909. The van der Waals surface area contributed by atoms with E-state index in [0.717, 1.165) is 5.92 Å². The predicted molar refractivity (Wildman–Crippen MR) is 51.9 cm³/mol. The van der Waals surface area contributed by atoms with E-state index in [1.54, 1.807) is 5.71 Å². The standard InChI is InChI=1S/C11H20N/c1-2-10-6-5-9-12-8-4-3-7-11(10)12/h10H,2-9H2,1H3/q+1. The number of nitrogens with zero attached hydrogens (tertiary/aromatic N) is 1. The summed E-state index contributed by atoms with van der Waals surface area (Å²) in [5.41, 5.74) is 1.80. The molecule has 1 atom stereocenters. The van der Waals surface area contributed by atoms with Crippen LogP contribution in [0, 0.1) is 5.92 Å². The summed E-state index contributed by atoms with van der Waals surface area (Å²) in [5.74, 6) is 0.944. The molecule has 0 saturated heterocycles. The van der Waals surface area contributed by atoms with Crippen LogP contribution in [0.25, 0.3) is 0 Å². The fourth-order valence-electron chi connectivity index (χ4n) is 2.76. The summed E-state index contributed by atoms with van der Waals surface area (Å²) in [5, 5.41) is 0. The van der Waals surface area contributed by atoms with Crippen LogP contribution in [0.3, 0.4) is 0 Å². The van der Waals surface area contributed by atoms with Crippen LogP contribution in [0.2, 0.25) is 0 Å². The molecule has 0 aromatic rings. The summed E-state index contributed by atoms with van der Waals surface area (Å²) in [6, 6.07) is 0. The van der Waals surface area contributed by atoms with Gasteiger partial charge in [-0.2, -0.15) is 0 Å². The van der Waals surface area contributed by atoms with Gasteiger partial charge in [-0.15, -0.1) is 0 Å². The summed E-state index contributed by atoms with van der Waals surface area (Å²) in [6.07, 6.45) is 8.54. The SMILES string of the molecule is CCC1CCC[N+]2=C1CCCC2. The Hall–Kier alpha value is -0.330. The van der Waals surface area contributed by atoms with Gasteiger partial charge in [0.15, 0.2) is 5.71 Å². The van der Waals surface area contributed by atoms with Crippen molar-refractivity contribution in [2.24, 2.45) is 5.92 Å². The summed E-state index contributed by atoms with van der Waals surface area (Å²) in [7, 11) is 0. The van der Waals surface area contributed by atoms with Gasteiger partial charge in [-0.05, 0) is 19.3 Å². The second kappa shape index (κ2) is 3.59. The first kappa shape index (κ1) is 8.28. The minimum Gasteiger partial charge on any atom is -0.237 e. The molecule has 2 rings (SSSR count). The van der Waals surface area contributed by atoms with E-state index in [2.05, 4.69) is 11.5 Å². The molecule has 0 aromatic carbocycles. The van der Waals surface area contributed by atoms with Gasteiger partial charge >= 0.3 is 0 Å². The lowest BCUT2D eigenvalue weighted by molar-refractivity contribution is -0.540. The van der Waals surface area contributed by atoms with Crippen LogP contribution in [0.15, 0.2) is 0 Å². The van der Waals surface area contributed by atoms with Crippen molar-refractivity contribution in [1.29, 1.82) is 0 Å². The minimum atomic E-state index is 0.944. The molecule has 1 nitrogen and oxygen atoms in total. The Morgan fingerprint density at radius 2 is 2.08 bits per heavy atom. The first-order valence-electron chi connectivity index (χ1n) is 5.52. The summed E-state index contributed by atoms with van der Waals surface area (Å²) in [6.45, 7) is 5.05. The third kappa shape index (κ3) is 1.41. The average Bonchev–Trinajstić information content (AvgIpc) is 2.17. The van der Waals surface area contributed by atoms with Crippen molar-refractivity contribution >= 4 is 5.71 Å². The highest BCUT2D eigenvalue weighted by Gasteiger charge is 2.29. The van der Waals surface area contributed by atoms with Gasteiger partial charge in [0.1, 0.15) is 13.1 Å². The molecule has 0 radical (unpaired) electrons. The fourth-order valence-corrected chi connectivity index (χ4v) is 2.76. The van der Waals surface area contributed by atoms with Gasteiger partial charge < -0.3 is 0 Å². The van der Waals surface area contributed by atoms with Crippen molar-refractivity contribution < 1.29 is 4.58 Å². The lowest BCUT2D eigenvalue weighted by atomic mass is 9.87. The van der Waals surface area contributed by atoms with E-state index >= 15 is 0 Å². The zero-order valence-corrected chi connectivity index (χ0v) is 8.18. The molecule has 68 valence electrons. The zero-order valence-electron chi connectivity index (χ0n) is 8.18. The Bertz CT molecular complexity index is 189. The Balaban J connectivity index is 2.18. The largest absolute Gasteiger partial charge is 0.237 e. The summed E-state index contributed by atoms with van der Waals surface area (Å²) >= 11 is 0. The predicted octanol–water partition coefficient (Wildman–Crippen LogP) is 2.44. The summed E-state index contributed by atoms with van der Waals surface area (Å²) in [4.78, 5) is 0. The van der Waals surface area contributed by atoms with Crippen LogP contribution in [-0.2, 0) is 0 Å². The van der Waals surface area contributed by atoms with E-state index in [0.29, 0.717) is 0 Å². The summed E-state index contributed by atoms with van der Waals surface area (Å²) < 4.78 is 2.67. The third-order valence-corrected chi connectivity index (χ3v) is 3.46. The molecule has 0 bridgehead atoms. The molecule has 2 aliphatic rings. The van der Waals surface area contributed by atoms with Gasteiger partial charge in [0.25, 0.3) is 0 Å². The molecule has 1 unspecified atom stereocenters. The van der Waals surface area contributed by atoms with Gasteiger partial charge in [-0.3, -0.25) is 0 Å². The third-order valence-electron chi connectivity index (χ3n) is 3.46. The van der Waals surface area contributed by atoms with Crippen LogP contribution < -0.4 is 0 Å². The van der Waals surface area contributed by atoms with E-state index in [4.69, 9.17) is 0 Å². The van der Waals surface area contributed by atoms with Crippen molar-refractivity contribution in [2.75, 3.05) is 13.1 Å². The molecule has 2 aliphatic heterocycles. The van der Waals surface area contributed by atoms with Gasteiger partial charge in [0.05, 0.1) is 0 Å². The van der Waals surface area contributed by atoms with Gasteiger partial charge in [-0.25, -0.2) is 4.58 Å². The molecule has 2 heterocycles. The van der Waals surface area contributed by atoms with Gasteiger partial charge in [0.2, 0.25) is 0 Å². The monoisotopic (exact) mass is 166 g/mol. The molecule has 1 heteroatoms. The molecule has 0 saturated carbocycles. The van der Waals surface area contributed by atoms with Crippen molar-refractivity contribution in [1.82, 2.24) is 0 Å². The smallest absolute Gasteiger partial charge is 0.155 e. The molecule has 0 N–H and O–H groups in total. The average molecular weight is 166 g/mol. The Morgan fingerprint density at radius 1 is 1.25 bits per heavy atom. The zero-order chi connectivity index (χ0) is 8.39. The van der Waals surface area contributed by atoms with Gasteiger partial charge in [-0.1, -0.05) is 6.92 Å². The van der Waals surface area contributed by atoms with E-state index < -0.39 is 0 Å². The van der Waals surface area contributed by atoms with Crippen LogP contribution in [-0.4, -0.2) is 23.4 Å². The maximum atomic E-state index is 2.67. The molecular weight excluding hydrogens is 146 g/mol. The first-order valence-corrected chi connectivity index (χ1v) is 5.52. The molecular formula is C11H20N+. The van der Waals surface area contributed by atoms with E-state index in [9.17, 15) is 0 Å². The first-order chi connectivity index (χ1) is 5.92. The Kier molecular flexibility index (Phi) is 2.48. The molecule has 0 amide bonds. The second-order valence-electron chi connectivity index (χ2n) is 4.18. The topological polar surface area (TPSA) is 3.01 Å². The maximum absolute atomic E-state index is 2.67. The Labute approximate surface area is 75.5 Å². The quantitative estimate of drug-likeness (QED) is 0.526. The highest BCUT2D eigenvalue weighted by molar-refractivity contribution is 5.82. The van der Waals surface area contributed by atoms with E-state index in [1.807, 2.05) is 0 Å².